The van der Waals surface area contributed by atoms with E-state index in [-0.39, 0.29) is 12.0 Å². The largest absolute Gasteiger partial charge is 0.493 e. The SMILES string of the molecule is COc1ccc(CCN(C)CC(O)COc2ccc3c(=O)cc(-c4ccccc4)oc3c2)cc1OC. The summed E-state index contributed by atoms with van der Waals surface area (Å²) >= 11 is 0. The van der Waals surface area contributed by atoms with Gasteiger partial charge in [-0.3, -0.25) is 4.79 Å². The van der Waals surface area contributed by atoms with Crippen molar-refractivity contribution in [2.45, 2.75) is 12.5 Å². The Labute approximate surface area is 210 Å². The van der Waals surface area contributed by atoms with Crippen LogP contribution in [0, 0.1) is 0 Å². The molecule has 0 aliphatic heterocycles. The summed E-state index contributed by atoms with van der Waals surface area (Å²) < 4.78 is 22.4. The maximum Gasteiger partial charge on any atom is 0.193 e. The number of nitrogens with zero attached hydrogens (tertiary/aromatic N) is 1. The van der Waals surface area contributed by atoms with E-state index in [0.717, 1.165) is 24.1 Å². The number of hydrogen-bond donors (Lipinski definition) is 1. The second-order valence-corrected chi connectivity index (χ2v) is 8.67. The lowest BCUT2D eigenvalue weighted by Gasteiger charge is -2.21. The first-order chi connectivity index (χ1) is 17.5. The van der Waals surface area contributed by atoms with Gasteiger partial charge in [0.1, 0.15) is 29.8 Å². The summed E-state index contributed by atoms with van der Waals surface area (Å²) in [5.41, 5.74) is 2.28. The molecule has 1 atom stereocenters. The second-order valence-electron chi connectivity index (χ2n) is 8.67. The molecule has 0 spiro atoms. The molecule has 0 aliphatic carbocycles. The predicted molar refractivity (Wildman–Crippen MR) is 140 cm³/mol. The third-order valence-corrected chi connectivity index (χ3v) is 5.95. The van der Waals surface area contributed by atoms with E-state index in [2.05, 4.69) is 4.90 Å². The van der Waals surface area contributed by atoms with Crippen LogP contribution in [0.25, 0.3) is 22.3 Å². The van der Waals surface area contributed by atoms with Crippen molar-refractivity contribution < 1.29 is 23.7 Å². The summed E-state index contributed by atoms with van der Waals surface area (Å²) in [7, 11) is 5.19. The predicted octanol–water partition coefficient (Wildman–Crippen LogP) is 4.39. The lowest BCUT2D eigenvalue weighted by atomic mass is 10.1. The highest BCUT2D eigenvalue weighted by Crippen LogP contribution is 2.28. The molecule has 4 rings (SSSR count). The number of methoxy groups -OCH3 is 2. The molecule has 0 fully saturated rings. The van der Waals surface area contributed by atoms with Gasteiger partial charge in [-0.1, -0.05) is 36.4 Å². The second kappa shape index (κ2) is 11.7. The van der Waals surface area contributed by atoms with Gasteiger partial charge in [-0.15, -0.1) is 0 Å². The van der Waals surface area contributed by atoms with E-state index in [4.69, 9.17) is 18.6 Å². The molecule has 0 amide bonds. The molecule has 7 heteroatoms. The molecular weight excluding hydrogens is 458 g/mol. The van der Waals surface area contributed by atoms with Crippen molar-refractivity contribution >= 4 is 11.0 Å². The Morgan fingerprint density at radius 2 is 1.72 bits per heavy atom. The zero-order valence-electron chi connectivity index (χ0n) is 20.8. The van der Waals surface area contributed by atoms with Gasteiger partial charge in [-0.2, -0.15) is 0 Å². The van der Waals surface area contributed by atoms with Crippen molar-refractivity contribution in [3.8, 4) is 28.6 Å². The van der Waals surface area contributed by atoms with Crippen molar-refractivity contribution in [2.24, 2.45) is 0 Å². The summed E-state index contributed by atoms with van der Waals surface area (Å²) in [6, 6.07) is 21.9. The van der Waals surface area contributed by atoms with Crippen molar-refractivity contribution in [3.05, 3.63) is 88.6 Å². The molecule has 0 bridgehead atoms. The molecular formula is C29H31NO6. The van der Waals surface area contributed by atoms with E-state index in [0.29, 0.717) is 40.5 Å². The quantitative estimate of drug-likeness (QED) is 0.335. The van der Waals surface area contributed by atoms with Crippen LogP contribution in [0.4, 0.5) is 0 Å². The number of aliphatic hydroxyl groups is 1. The summed E-state index contributed by atoms with van der Waals surface area (Å²) in [6.45, 7) is 1.33. The van der Waals surface area contributed by atoms with Gasteiger partial charge in [0.05, 0.1) is 19.6 Å². The normalized spacial score (nSPS) is 12.0. The Balaban J connectivity index is 1.33. The Morgan fingerprint density at radius 3 is 2.47 bits per heavy atom. The van der Waals surface area contributed by atoms with Crippen LogP contribution in [0.3, 0.4) is 0 Å². The van der Waals surface area contributed by atoms with Crippen LogP contribution in [-0.4, -0.2) is 57.1 Å². The molecule has 188 valence electrons. The molecule has 1 N–H and O–H groups in total. The molecule has 36 heavy (non-hydrogen) atoms. The molecule has 4 aromatic rings. The first-order valence-electron chi connectivity index (χ1n) is 11.8. The van der Waals surface area contributed by atoms with Crippen LogP contribution < -0.4 is 19.6 Å². The summed E-state index contributed by atoms with van der Waals surface area (Å²) in [5, 5.41) is 11.0. The maximum absolute atomic E-state index is 12.5. The Kier molecular flexibility index (Phi) is 8.25. The van der Waals surface area contributed by atoms with Crippen molar-refractivity contribution in [3.63, 3.8) is 0 Å². The molecule has 3 aromatic carbocycles. The smallest absolute Gasteiger partial charge is 0.193 e. The van der Waals surface area contributed by atoms with E-state index in [1.54, 1.807) is 32.4 Å². The molecule has 1 unspecified atom stereocenters. The van der Waals surface area contributed by atoms with E-state index in [1.165, 1.54) is 6.07 Å². The van der Waals surface area contributed by atoms with Gasteiger partial charge >= 0.3 is 0 Å². The topological polar surface area (TPSA) is 81.4 Å². The van der Waals surface area contributed by atoms with Crippen LogP contribution in [0.1, 0.15) is 5.56 Å². The van der Waals surface area contributed by atoms with Crippen LogP contribution in [0.15, 0.2) is 82.0 Å². The number of aliphatic hydroxyl groups excluding tert-OH is 1. The fourth-order valence-corrected chi connectivity index (χ4v) is 4.02. The standard InChI is InChI=1S/C29H31NO6/c1-30(14-13-20-9-12-26(33-2)29(15-20)34-3)18-22(31)19-35-23-10-11-24-25(32)17-27(36-28(24)16-23)21-7-5-4-6-8-21/h4-12,15-17,22,31H,13-14,18-19H2,1-3H3. The molecule has 1 heterocycles. The lowest BCUT2D eigenvalue weighted by molar-refractivity contribution is 0.0767. The summed E-state index contributed by atoms with van der Waals surface area (Å²) in [6.07, 6.45) is 0.122. The average Bonchev–Trinajstić information content (AvgIpc) is 2.90. The first-order valence-corrected chi connectivity index (χ1v) is 11.8. The summed E-state index contributed by atoms with van der Waals surface area (Å²) in [4.78, 5) is 14.6. The zero-order valence-corrected chi connectivity index (χ0v) is 20.8. The third kappa shape index (κ3) is 6.24. The monoisotopic (exact) mass is 489 g/mol. The number of ether oxygens (including phenoxy) is 3. The van der Waals surface area contributed by atoms with Crippen LogP contribution in [0.5, 0.6) is 17.2 Å². The van der Waals surface area contributed by atoms with Gasteiger partial charge in [0.15, 0.2) is 16.9 Å². The van der Waals surface area contributed by atoms with Gasteiger partial charge in [0, 0.05) is 30.8 Å². The number of benzene rings is 3. The van der Waals surface area contributed by atoms with Gasteiger partial charge in [0.25, 0.3) is 0 Å². The van der Waals surface area contributed by atoms with E-state index in [1.807, 2.05) is 55.6 Å². The van der Waals surface area contributed by atoms with Gasteiger partial charge in [-0.05, 0) is 43.3 Å². The van der Waals surface area contributed by atoms with Gasteiger partial charge in [-0.25, -0.2) is 0 Å². The highest BCUT2D eigenvalue weighted by molar-refractivity contribution is 5.80. The molecule has 0 aliphatic rings. The van der Waals surface area contributed by atoms with Crippen LogP contribution in [-0.2, 0) is 6.42 Å². The zero-order chi connectivity index (χ0) is 25.5. The molecule has 1 aromatic heterocycles. The highest BCUT2D eigenvalue weighted by Gasteiger charge is 2.12. The fourth-order valence-electron chi connectivity index (χ4n) is 4.02. The summed E-state index contributed by atoms with van der Waals surface area (Å²) in [5.74, 6) is 2.43. The minimum absolute atomic E-state index is 0.113. The minimum atomic E-state index is -0.682. The van der Waals surface area contributed by atoms with E-state index < -0.39 is 6.10 Å². The Hall–Kier alpha value is -3.81. The lowest BCUT2D eigenvalue weighted by Crippen LogP contribution is -2.34. The van der Waals surface area contributed by atoms with E-state index >= 15 is 0 Å². The Morgan fingerprint density at radius 1 is 0.944 bits per heavy atom. The number of rotatable bonds is 11. The molecule has 0 radical (unpaired) electrons. The Bertz CT molecular complexity index is 1350. The van der Waals surface area contributed by atoms with Gasteiger partial charge < -0.3 is 28.6 Å². The van der Waals surface area contributed by atoms with Crippen LogP contribution in [0.2, 0.25) is 0 Å². The number of likely N-dealkylation sites (N-methyl/N-ethyl adjacent to an activating group) is 1. The van der Waals surface area contributed by atoms with Crippen molar-refractivity contribution in [1.82, 2.24) is 4.90 Å². The maximum atomic E-state index is 12.5. The van der Waals surface area contributed by atoms with Crippen molar-refractivity contribution in [1.29, 1.82) is 0 Å². The molecule has 0 saturated heterocycles. The third-order valence-electron chi connectivity index (χ3n) is 5.95. The molecule has 7 nitrogen and oxygen atoms in total. The van der Waals surface area contributed by atoms with Crippen LogP contribution >= 0.6 is 0 Å². The van der Waals surface area contributed by atoms with E-state index in [9.17, 15) is 9.90 Å². The highest BCUT2D eigenvalue weighted by atomic mass is 16.5. The number of hydrogen-bond acceptors (Lipinski definition) is 7. The fraction of sp³-hybridized carbons (Fsp3) is 0.276. The van der Waals surface area contributed by atoms with Gasteiger partial charge in [0.2, 0.25) is 0 Å². The number of fused-ring (bicyclic) bond motifs is 1. The average molecular weight is 490 g/mol. The first kappa shape index (κ1) is 25.3. The minimum Gasteiger partial charge on any atom is -0.493 e. The molecule has 0 saturated carbocycles. The van der Waals surface area contributed by atoms with Crippen molar-refractivity contribution in [2.75, 3.05) is 41.0 Å².